The molecule has 0 fully saturated rings. The standard InChI is InChI=1S/C17H23N5O3.ClH/c1-12(2)10-17(3,11-18)19-16(23)15-8-9-21(20-15)13-4-6-14(7-5-13)22(24)25;/h4-9,12H,10-11,18H2,1-3H3,(H,19,23);1H. The van der Waals surface area contributed by atoms with Crippen LogP contribution in [0, 0.1) is 16.0 Å². The number of hydrogen-bond acceptors (Lipinski definition) is 5. The van der Waals surface area contributed by atoms with Crippen molar-refractivity contribution in [3.63, 3.8) is 0 Å². The number of hydrogen-bond donors (Lipinski definition) is 2. The van der Waals surface area contributed by atoms with Gasteiger partial charge in [0.1, 0.15) is 0 Å². The molecule has 0 saturated heterocycles. The Morgan fingerprint density at radius 2 is 1.96 bits per heavy atom. The second kappa shape index (κ2) is 8.77. The van der Waals surface area contributed by atoms with E-state index in [2.05, 4.69) is 24.3 Å². The molecular weight excluding hydrogens is 358 g/mol. The lowest BCUT2D eigenvalue weighted by molar-refractivity contribution is -0.384. The van der Waals surface area contributed by atoms with Gasteiger partial charge in [0.2, 0.25) is 0 Å². The minimum Gasteiger partial charge on any atom is -0.344 e. The van der Waals surface area contributed by atoms with E-state index in [9.17, 15) is 14.9 Å². The van der Waals surface area contributed by atoms with Crippen molar-refractivity contribution in [3.8, 4) is 5.69 Å². The molecule has 2 rings (SSSR count). The number of non-ortho nitro benzene ring substituents is 1. The predicted molar refractivity (Wildman–Crippen MR) is 102 cm³/mol. The molecule has 1 heterocycles. The van der Waals surface area contributed by atoms with Crippen molar-refractivity contribution in [1.82, 2.24) is 15.1 Å². The van der Waals surface area contributed by atoms with Gasteiger partial charge in [-0.15, -0.1) is 12.4 Å². The highest BCUT2D eigenvalue weighted by atomic mass is 35.5. The Kier molecular flexibility index (Phi) is 7.29. The van der Waals surface area contributed by atoms with Crippen LogP contribution in [-0.4, -0.2) is 32.7 Å². The van der Waals surface area contributed by atoms with Crippen LogP contribution in [0.1, 0.15) is 37.7 Å². The van der Waals surface area contributed by atoms with E-state index in [4.69, 9.17) is 5.73 Å². The maximum absolute atomic E-state index is 12.5. The lowest BCUT2D eigenvalue weighted by Gasteiger charge is -2.30. The summed E-state index contributed by atoms with van der Waals surface area (Å²) in [5.74, 6) is 0.0979. The summed E-state index contributed by atoms with van der Waals surface area (Å²) in [6, 6.07) is 7.55. The van der Waals surface area contributed by atoms with Crippen molar-refractivity contribution >= 4 is 24.0 Å². The molecule has 1 aromatic heterocycles. The molecular formula is C17H24ClN5O3. The van der Waals surface area contributed by atoms with Crippen molar-refractivity contribution in [2.24, 2.45) is 11.7 Å². The number of halogens is 1. The van der Waals surface area contributed by atoms with Gasteiger partial charge in [-0.25, -0.2) is 4.68 Å². The number of nitrogens with zero attached hydrogens (tertiary/aromatic N) is 3. The number of aromatic nitrogens is 2. The fourth-order valence-electron chi connectivity index (χ4n) is 2.74. The summed E-state index contributed by atoms with van der Waals surface area (Å²) in [4.78, 5) is 22.7. The van der Waals surface area contributed by atoms with Crippen LogP contribution in [0.2, 0.25) is 0 Å². The van der Waals surface area contributed by atoms with Gasteiger partial charge in [-0.05, 0) is 37.5 Å². The van der Waals surface area contributed by atoms with E-state index < -0.39 is 10.5 Å². The maximum Gasteiger partial charge on any atom is 0.272 e. The van der Waals surface area contributed by atoms with E-state index in [0.29, 0.717) is 18.2 Å². The summed E-state index contributed by atoms with van der Waals surface area (Å²) in [7, 11) is 0. The van der Waals surface area contributed by atoms with Crippen molar-refractivity contribution in [2.45, 2.75) is 32.7 Å². The smallest absolute Gasteiger partial charge is 0.272 e. The van der Waals surface area contributed by atoms with Crippen LogP contribution >= 0.6 is 12.4 Å². The average Bonchev–Trinajstić information content (AvgIpc) is 3.04. The Morgan fingerprint density at radius 1 is 1.35 bits per heavy atom. The first-order valence-electron chi connectivity index (χ1n) is 8.07. The Bertz CT molecular complexity index is 760. The van der Waals surface area contributed by atoms with Crippen LogP contribution in [-0.2, 0) is 0 Å². The van der Waals surface area contributed by atoms with Gasteiger partial charge in [0.15, 0.2) is 5.69 Å². The van der Waals surface area contributed by atoms with Gasteiger partial charge in [-0.1, -0.05) is 13.8 Å². The van der Waals surface area contributed by atoms with Crippen molar-refractivity contribution in [2.75, 3.05) is 6.54 Å². The van der Waals surface area contributed by atoms with Crippen LogP contribution in [0.4, 0.5) is 5.69 Å². The Balaban J connectivity index is 0.00000338. The molecule has 142 valence electrons. The lowest BCUT2D eigenvalue weighted by atomic mass is 9.90. The topological polar surface area (TPSA) is 116 Å². The number of carbonyl (C=O) groups is 1. The number of nitro benzene ring substituents is 1. The molecule has 0 radical (unpaired) electrons. The molecule has 26 heavy (non-hydrogen) atoms. The Morgan fingerprint density at radius 3 is 2.46 bits per heavy atom. The van der Waals surface area contributed by atoms with Crippen LogP contribution in [0.15, 0.2) is 36.5 Å². The first-order chi connectivity index (χ1) is 11.7. The van der Waals surface area contributed by atoms with E-state index in [-0.39, 0.29) is 29.7 Å². The third-order valence-corrected chi connectivity index (χ3v) is 3.87. The second-order valence-electron chi connectivity index (χ2n) is 6.74. The van der Waals surface area contributed by atoms with Crippen LogP contribution in [0.3, 0.4) is 0 Å². The van der Waals surface area contributed by atoms with Crippen LogP contribution in [0.5, 0.6) is 0 Å². The molecule has 2 aromatic rings. The van der Waals surface area contributed by atoms with Gasteiger partial charge in [0.25, 0.3) is 11.6 Å². The number of nitro groups is 1. The zero-order valence-electron chi connectivity index (χ0n) is 15.0. The average molecular weight is 382 g/mol. The lowest BCUT2D eigenvalue weighted by Crippen LogP contribution is -2.52. The van der Waals surface area contributed by atoms with E-state index >= 15 is 0 Å². The summed E-state index contributed by atoms with van der Waals surface area (Å²) >= 11 is 0. The zero-order valence-corrected chi connectivity index (χ0v) is 15.8. The Hall–Kier alpha value is -2.45. The van der Waals surface area contributed by atoms with Crippen LogP contribution in [0.25, 0.3) is 5.69 Å². The zero-order chi connectivity index (χ0) is 18.6. The third kappa shape index (κ3) is 5.27. The molecule has 1 atom stereocenters. The summed E-state index contributed by atoms with van der Waals surface area (Å²) in [6.07, 6.45) is 2.40. The number of amides is 1. The highest BCUT2D eigenvalue weighted by molar-refractivity contribution is 5.92. The first kappa shape index (κ1) is 21.6. The van der Waals surface area contributed by atoms with Crippen molar-refractivity contribution < 1.29 is 9.72 Å². The molecule has 0 spiro atoms. The fraction of sp³-hybridized carbons (Fsp3) is 0.412. The number of carbonyl (C=O) groups excluding carboxylic acids is 1. The summed E-state index contributed by atoms with van der Waals surface area (Å²) in [6.45, 7) is 6.39. The number of benzene rings is 1. The van der Waals surface area contributed by atoms with E-state index in [1.165, 1.54) is 16.8 Å². The highest BCUT2D eigenvalue weighted by Gasteiger charge is 2.27. The van der Waals surface area contributed by atoms with E-state index in [1.54, 1.807) is 24.4 Å². The molecule has 0 saturated carbocycles. The SMILES string of the molecule is CC(C)CC(C)(CN)NC(=O)c1ccn(-c2ccc([N+](=O)[O-])cc2)n1.Cl. The van der Waals surface area contributed by atoms with Gasteiger partial charge in [-0.3, -0.25) is 14.9 Å². The van der Waals surface area contributed by atoms with Gasteiger partial charge >= 0.3 is 0 Å². The summed E-state index contributed by atoms with van der Waals surface area (Å²) in [5, 5.41) is 17.9. The molecule has 1 amide bonds. The fourth-order valence-corrected chi connectivity index (χ4v) is 2.74. The van der Waals surface area contributed by atoms with Gasteiger partial charge < -0.3 is 11.1 Å². The summed E-state index contributed by atoms with van der Waals surface area (Å²) in [5.41, 5.74) is 6.22. The number of nitrogens with two attached hydrogens (primary N) is 1. The minimum absolute atomic E-state index is 0. The molecule has 8 nitrogen and oxygen atoms in total. The first-order valence-corrected chi connectivity index (χ1v) is 8.07. The van der Waals surface area contributed by atoms with Crippen LogP contribution < -0.4 is 11.1 Å². The predicted octanol–water partition coefficient (Wildman–Crippen LogP) is 2.70. The van der Waals surface area contributed by atoms with Gasteiger partial charge in [0, 0.05) is 24.9 Å². The normalized spacial score (nSPS) is 13.0. The maximum atomic E-state index is 12.5. The minimum atomic E-state index is -0.498. The third-order valence-electron chi connectivity index (χ3n) is 3.87. The molecule has 0 aliphatic rings. The van der Waals surface area contributed by atoms with Gasteiger partial charge in [0.05, 0.1) is 16.1 Å². The molecule has 0 aliphatic carbocycles. The molecule has 0 bridgehead atoms. The molecule has 1 aromatic carbocycles. The van der Waals surface area contributed by atoms with E-state index in [0.717, 1.165) is 6.42 Å². The summed E-state index contributed by atoms with van der Waals surface area (Å²) < 4.78 is 1.50. The molecule has 9 heteroatoms. The van der Waals surface area contributed by atoms with Crippen molar-refractivity contribution in [1.29, 1.82) is 0 Å². The molecule has 1 unspecified atom stereocenters. The largest absolute Gasteiger partial charge is 0.344 e. The monoisotopic (exact) mass is 381 g/mol. The number of rotatable bonds is 7. The second-order valence-corrected chi connectivity index (χ2v) is 6.74. The van der Waals surface area contributed by atoms with Gasteiger partial charge in [-0.2, -0.15) is 5.10 Å². The molecule has 3 N–H and O–H groups in total. The Labute approximate surface area is 158 Å². The number of nitrogens with one attached hydrogen (secondary N) is 1. The highest BCUT2D eigenvalue weighted by Crippen LogP contribution is 2.17. The van der Waals surface area contributed by atoms with Crippen molar-refractivity contribution in [3.05, 3.63) is 52.3 Å². The molecule has 0 aliphatic heterocycles. The van der Waals surface area contributed by atoms with E-state index in [1.807, 2.05) is 6.92 Å². The quantitative estimate of drug-likeness (QED) is 0.565.